The molecule has 0 amide bonds. The Bertz CT molecular complexity index is 242. The summed E-state index contributed by atoms with van der Waals surface area (Å²) < 4.78 is 4.90. The molecule has 0 bridgehead atoms. The first-order chi connectivity index (χ1) is 8.08. The SMILES string of the molecule is CCC(C)C(NC1CCCC(C)C1)C(=O)OC. The van der Waals surface area contributed by atoms with Gasteiger partial charge in [-0.25, -0.2) is 0 Å². The van der Waals surface area contributed by atoms with Crippen molar-refractivity contribution in [1.29, 1.82) is 0 Å². The number of rotatable bonds is 5. The fourth-order valence-corrected chi connectivity index (χ4v) is 2.67. The van der Waals surface area contributed by atoms with Crippen molar-refractivity contribution in [2.24, 2.45) is 11.8 Å². The first kappa shape index (κ1) is 14.5. The van der Waals surface area contributed by atoms with Crippen molar-refractivity contribution in [2.45, 2.75) is 65.0 Å². The van der Waals surface area contributed by atoms with Gasteiger partial charge in [0.2, 0.25) is 0 Å². The molecule has 4 unspecified atom stereocenters. The van der Waals surface area contributed by atoms with Crippen LogP contribution in [-0.4, -0.2) is 25.2 Å². The van der Waals surface area contributed by atoms with E-state index in [1.807, 2.05) is 0 Å². The van der Waals surface area contributed by atoms with Crippen molar-refractivity contribution >= 4 is 5.97 Å². The van der Waals surface area contributed by atoms with Gasteiger partial charge < -0.3 is 10.1 Å². The Morgan fingerprint density at radius 2 is 2.18 bits per heavy atom. The van der Waals surface area contributed by atoms with E-state index >= 15 is 0 Å². The van der Waals surface area contributed by atoms with E-state index < -0.39 is 0 Å². The molecule has 0 aliphatic heterocycles. The minimum absolute atomic E-state index is 0.113. The number of carbonyl (C=O) groups excluding carboxylic acids is 1. The number of carbonyl (C=O) groups is 1. The smallest absolute Gasteiger partial charge is 0.323 e. The maximum absolute atomic E-state index is 11.8. The van der Waals surface area contributed by atoms with Crippen molar-refractivity contribution in [3.8, 4) is 0 Å². The van der Waals surface area contributed by atoms with Gasteiger partial charge in [-0.3, -0.25) is 4.79 Å². The first-order valence-electron chi connectivity index (χ1n) is 6.92. The maximum Gasteiger partial charge on any atom is 0.323 e. The van der Waals surface area contributed by atoms with Crippen molar-refractivity contribution in [1.82, 2.24) is 5.32 Å². The molecule has 0 aromatic rings. The van der Waals surface area contributed by atoms with Crippen molar-refractivity contribution < 1.29 is 9.53 Å². The van der Waals surface area contributed by atoms with Gasteiger partial charge in [-0.2, -0.15) is 0 Å². The van der Waals surface area contributed by atoms with Crippen LogP contribution in [0, 0.1) is 11.8 Å². The second-order valence-corrected chi connectivity index (χ2v) is 5.52. The highest BCUT2D eigenvalue weighted by molar-refractivity contribution is 5.76. The lowest BCUT2D eigenvalue weighted by atomic mass is 9.86. The van der Waals surface area contributed by atoms with Crippen LogP contribution < -0.4 is 5.32 Å². The normalized spacial score (nSPS) is 28.5. The topological polar surface area (TPSA) is 38.3 Å². The molecule has 0 radical (unpaired) electrons. The zero-order valence-corrected chi connectivity index (χ0v) is 11.7. The lowest BCUT2D eigenvalue weighted by molar-refractivity contribution is -0.145. The quantitative estimate of drug-likeness (QED) is 0.752. The molecule has 1 fully saturated rings. The highest BCUT2D eigenvalue weighted by atomic mass is 16.5. The van der Waals surface area contributed by atoms with E-state index in [4.69, 9.17) is 4.74 Å². The summed E-state index contributed by atoms with van der Waals surface area (Å²) in [5.41, 5.74) is 0. The number of ether oxygens (including phenoxy) is 1. The average molecular weight is 241 g/mol. The van der Waals surface area contributed by atoms with E-state index in [2.05, 4.69) is 26.1 Å². The van der Waals surface area contributed by atoms with Crippen LogP contribution in [0.2, 0.25) is 0 Å². The Labute approximate surface area is 105 Å². The summed E-state index contributed by atoms with van der Waals surface area (Å²) in [6.07, 6.45) is 5.96. The predicted molar refractivity (Wildman–Crippen MR) is 69.8 cm³/mol. The zero-order chi connectivity index (χ0) is 12.8. The highest BCUT2D eigenvalue weighted by Crippen LogP contribution is 2.24. The summed E-state index contributed by atoms with van der Waals surface area (Å²) in [7, 11) is 1.48. The molecule has 1 saturated carbocycles. The number of esters is 1. The molecule has 1 rings (SSSR count). The van der Waals surface area contributed by atoms with Gasteiger partial charge in [0.1, 0.15) is 6.04 Å². The molecule has 1 aliphatic carbocycles. The Balaban J connectivity index is 2.55. The molecule has 0 heterocycles. The van der Waals surface area contributed by atoms with Gasteiger partial charge in [-0.1, -0.05) is 40.0 Å². The predicted octanol–water partition coefficient (Wildman–Crippen LogP) is 2.74. The average Bonchev–Trinajstić information content (AvgIpc) is 2.34. The van der Waals surface area contributed by atoms with Gasteiger partial charge in [0.25, 0.3) is 0 Å². The monoisotopic (exact) mass is 241 g/mol. The molecular weight excluding hydrogens is 214 g/mol. The van der Waals surface area contributed by atoms with Crippen LogP contribution >= 0.6 is 0 Å². The van der Waals surface area contributed by atoms with Gasteiger partial charge in [-0.05, 0) is 24.7 Å². The molecule has 17 heavy (non-hydrogen) atoms. The Morgan fingerprint density at radius 1 is 1.47 bits per heavy atom. The molecule has 0 aromatic heterocycles. The molecule has 0 aromatic carbocycles. The Kier molecular flexibility index (Phi) is 5.96. The van der Waals surface area contributed by atoms with E-state index in [-0.39, 0.29) is 12.0 Å². The third-order valence-electron chi connectivity index (χ3n) is 4.02. The van der Waals surface area contributed by atoms with Crippen LogP contribution in [0.15, 0.2) is 0 Å². The number of methoxy groups -OCH3 is 1. The summed E-state index contributed by atoms with van der Waals surface area (Å²) in [6, 6.07) is 0.345. The lowest BCUT2D eigenvalue weighted by Crippen LogP contribution is -2.48. The van der Waals surface area contributed by atoms with Crippen LogP contribution in [-0.2, 0) is 9.53 Å². The van der Waals surface area contributed by atoms with E-state index in [9.17, 15) is 4.79 Å². The Hall–Kier alpha value is -0.570. The largest absolute Gasteiger partial charge is 0.468 e. The van der Waals surface area contributed by atoms with E-state index in [1.165, 1.54) is 32.8 Å². The van der Waals surface area contributed by atoms with E-state index in [0.29, 0.717) is 12.0 Å². The molecule has 1 aliphatic rings. The first-order valence-corrected chi connectivity index (χ1v) is 6.92. The molecule has 100 valence electrons. The summed E-state index contributed by atoms with van der Waals surface area (Å²) in [5, 5.41) is 3.51. The van der Waals surface area contributed by atoms with E-state index in [0.717, 1.165) is 12.3 Å². The summed E-state index contributed by atoms with van der Waals surface area (Å²) in [6.45, 7) is 6.52. The van der Waals surface area contributed by atoms with E-state index in [1.54, 1.807) is 0 Å². The number of hydrogen-bond donors (Lipinski definition) is 1. The molecule has 0 saturated heterocycles. The number of hydrogen-bond acceptors (Lipinski definition) is 3. The van der Waals surface area contributed by atoms with Crippen molar-refractivity contribution in [3.63, 3.8) is 0 Å². The lowest BCUT2D eigenvalue weighted by Gasteiger charge is -2.32. The molecular formula is C14H27NO2. The third-order valence-corrected chi connectivity index (χ3v) is 4.02. The van der Waals surface area contributed by atoms with Gasteiger partial charge in [0.15, 0.2) is 0 Å². The Morgan fingerprint density at radius 3 is 2.71 bits per heavy atom. The van der Waals surface area contributed by atoms with Gasteiger partial charge in [0, 0.05) is 6.04 Å². The fourth-order valence-electron chi connectivity index (χ4n) is 2.67. The van der Waals surface area contributed by atoms with Crippen LogP contribution in [0.3, 0.4) is 0 Å². The summed E-state index contributed by atoms with van der Waals surface area (Å²) >= 11 is 0. The summed E-state index contributed by atoms with van der Waals surface area (Å²) in [5.74, 6) is 0.994. The van der Waals surface area contributed by atoms with Crippen LogP contribution in [0.1, 0.15) is 52.9 Å². The standard InChI is InChI=1S/C14H27NO2/c1-5-11(3)13(14(16)17-4)15-12-8-6-7-10(2)9-12/h10-13,15H,5-9H2,1-4H3. The second kappa shape index (κ2) is 7.00. The zero-order valence-electron chi connectivity index (χ0n) is 11.7. The summed E-state index contributed by atoms with van der Waals surface area (Å²) in [4.78, 5) is 11.8. The van der Waals surface area contributed by atoms with Gasteiger partial charge in [0.05, 0.1) is 7.11 Å². The highest BCUT2D eigenvalue weighted by Gasteiger charge is 2.29. The van der Waals surface area contributed by atoms with Gasteiger partial charge in [-0.15, -0.1) is 0 Å². The maximum atomic E-state index is 11.8. The van der Waals surface area contributed by atoms with Crippen molar-refractivity contribution in [3.05, 3.63) is 0 Å². The molecule has 1 N–H and O–H groups in total. The molecule has 0 spiro atoms. The van der Waals surface area contributed by atoms with Crippen LogP contribution in [0.5, 0.6) is 0 Å². The van der Waals surface area contributed by atoms with Gasteiger partial charge >= 0.3 is 5.97 Å². The minimum atomic E-state index is -0.139. The van der Waals surface area contributed by atoms with Crippen LogP contribution in [0.25, 0.3) is 0 Å². The number of nitrogens with one attached hydrogen (secondary N) is 1. The second-order valence-electron chi connectivity index (χ2n) is 5.52. The molecule has 3 nitrogen and oxygen atoms in total. The van der Waals surface area contributed by atoms with Crippen molar-refractivity contribution in [2.75, 3.05) is 7.11 Å². The van der Waals surface area contributed by atoms with Crippen LogP contribution in [0.4, 0.5) is 0 Å². The molecule has 3 heteroatoms. The third kappa shape index (κ3) is 4.30. The minimum Gasteiger partial charge on any atom is -0.468 e. The fraction of sp³-hybridized carbons (Fsp3) is 0.929. The molecule has 4 atom stereocenters.